The Bertz CT molecular complexity index is 1120. The van der Waals surface area contributed by atoms with E-state index in [2.05, 4.69) is 85.8 Å². The van der Waals surface area contributed by atoms with Gasteiger partial charge in [-0.1, -0.05) is 72.8 Å². The van der Waals surface area contributed by atoms with Crippen LogP contribution >= 0.6 is 11.3 Å². The van der Waals surface area contributed by atoms with Gasteiger partial charge >= 0.3 is 0 Å². The third-order valence-corrected chi connectivity index (χ3v) is 6.87. The highest BCUT2D eigenvalue weighted by atomic mass is 32.1. The summed E-state index contributed by atoms with van der Waals surface area (Å²) in [6.45, 7) is 2.23. The number of thiophene rings is 1. The molecule has 0 nitrogen and oxygen atoms in total. The highest BCUT2D eigenvalue weighted by Gasteiger charge is 2.52. The summed E-state index contributed by atoms with van der Waals surface area (Å²) in [6, 6.07) is 29.3. The van der Waals surface area contributed by atoms with Gasteiger partial charge in [-0.2, -0.15) is 0 Å². The molecule has 6 rings (SSSR count). The van der Waals surface area contributed by atoms with Crippen LogP contribution in [0.2, 0.25) is 0 Å². The van der Waals surface area contributed by atoms with E-state index in [1.807, 2.05) is 11.3 Å². The molecule has 0 unspecified atom stereocenters. The molecule has 1 heteroatoms. The molecule has 25 heavy (non-hydrogen) atoms. The Labute approximate surface area is 151 Å². The standard InChI is InChI=1S/C24H16S/c1-15-14-22-23(25-15)18-10-4-7-13-21(18)24(22)19-11-5-2-8-16(19)17-9-3-6-12-20(17)24/h2-14H,1H3. The number of hydrogen-bond donors (Lipinski definition) is 0. The van der Waals surface area contributed by atoms with E-state index < -0.39 is 0 Å². The van der Waals surface area contributed by atoms with Gasteiger partial charge in [-0.05, 0) is 51.9 Å². The quantitative estimate of drug-likeness (QED) is 0.301. The molecule has 0 saturated carbocycles. The van der Waals surface area contributed by atoms with Crippen molar-refractivity contribution in [2.45, 2.75) is 12.3 Å². The van der Waals surface area contributed by atoms with E-state index in [1.54, 1.807) is 0 Å². The van der Waals surface area contributed by atoms with E-state index in [1.165, 1.54) is 48.7 Å². The summed E-state index contributed by atoms with van der Waals surface area (Å²) in [4.78, 5) is 2.83. The Hall–Kier alpha value is -2.64. The Morgan fingerprint density at radius 2 is 1.08 bits per heavy atom. The lowest BCUT2D eigenvalue weighted by atomic mass is 9.71. The molecule has 118 valence electrons. The van der Waals surface area contributed by atoms with Crippen molar-refractivity contribution in [3.63, 3.8) is 0 Å². The van der Waals surface area contributed by atoms with Crippen LogP contribution in [0.25, 0.3) is 21.6 Å². The van der Waals surface area contributed by atoms with E-state index in [0.717, 1.165) is 0 Å². The second-order valence-electron chi connectivity index (χ2n) is 6.99. The van der Waals surface area contributed by atoms with Crippen LogP contribution in [0.3, 0.4) is 0 Å². The van der Waals surface area contributed by atoms with Crippen molar-refractivity contribution in [2.24, 2.45) is 0 Å². The van der Waals surface area contributed by atoms with Gasteiger partial charge in [0.2, 0.25) is 0 Å². The Kier molecular flexibility index (Phi) is 2.45. The van der Waals surface area contributed by atoms with Crippen molar-refractivity contribution in [3.8, 4) is 21.6 Å². The third-order valence-electron chi connectivity index (χ3n) is 5.79. The first-order valence-electron chi connectivity index (χ1n) is 8.72. The number of hydrogen-bond acceptors (Lipinski definition) is 1. The first-order chi connectivity index (χ1) is 12.3. The van der Waals surface area contributed by atoms with Crippen molar-refractivity contribution in [1.82, 2.24) is 0 Å². The molecule has 3 aromatic carbocycles. The van der Waals surface area contributed by atoms with Crippen LogP contribution in [0.4, 0.5) is 0 Å². The second-order valence-corrected chi connectivity index (χ2v) is 8.24. The van der Waals surface area contributed by atoms with Crippen LogP contribution < -0.4 is 0 Å². The average Bonchev–Trinajstić information content (AvgIpc) is 3.26. The summed E-state index contributed by atoms with van der Waals surface area (Å²) < 4.78 is 0. The molecule has 1 spiro atoms. The molecule has 0 aliphatic heterocycles. The lowest BCUT2D eigenvalue weighted by molar-refractivity contribution is 0.795. The fourth-order valence-corrected chi connectivity index (χ4v) is 6.07. The summed E-state index contributed by atoms with van der Waals surface area (Å²) in [5.41, 5.74) is 9.78. The van der Waals surface area contributed by atoms with Crippen molar-refractivity contribution < 1.29 is 0 Å². The lowest BCUT2D eigenvalue weighted by Gasteiger charge is -2.29. The van der Waals surface area contributed by atoms with E-state index in [9.17, 15) is 0 Å². The van der Waals surface area contributed by atoms with Crippen LogP contribution in [0.15, 0.2) is 78.9 Å². The van der Waals surface area contributed by atoms with Gasteiger partial charge in [-0.3, -0.25) is 0 Å². The normalized spacial score (nSPS) is 14.9. The number of fused-ring (bicyclic) bond motifs is 10. The highest BCUT2D eigenvalue weighted by molar-refractivity contribution is 7.15. The molecule has 0 saturated heterocycles. The average molecular weight is 336 g/mol. The molecule has 4 aromatic rings. The fourth-order valence-electron chi connectivity index (χ4n) is 4.96. The maximum Gasteiger partial charge on any atom is 0.0734 e. The predicted octanol–water partition coefficient (Wildman–Crippen LogP) is 6.40. The van der Waals surface area contributed by atoms with Crippen molar-refractivity contribution >= 4 is 11.3 Å². The molecule has 0 atom stereocenters. The van der Waals surface area contributed by atoms with Crippen molar-refractivity contribution in [3.05, 3.63) is 106 Å². The minimum absolute atomic E-state index is 0.149. The molecule has 2 aliphatic rings. The monoisotopic (exact) mass is 336 g/mol. The van der Waals surface area contributed by atoms with Gasteiger partial charge in [-0.25, -0.2) is 0 Å². The van der Waals surface area contributed by atoms with E-state index in [4.69, 9.17) is 0 Å². The number of rotatable bonds is 0. The highest BCUT2D eigenvalue weighted by Crippen LogP contribution is 2.64. The molecule has 0 N–H and O–H groups in total. The van der Waals surface area contributed by atoms with Gasteiger partial charge in [0.25, 0.3) is 0 Å². The van der Waals surface area contributed by atoms with Gasteiger partial charge < -0.3 is 0 Å². The summed E-state index contributed by atoms with van der Waals surface area (Å²) in [7, 11) is 0. The van der Waals surface area contributed by atoms with Crippen LogP contribution in [0.1, 0.15) is 27.1 Å². The first kappa shape index (κ1) is 13.6. The Morgan fingerprint density at radius 1 is 0.600 bits per heavy atom. The zero-order chi connectivity index (χ0) is 16.6. The smallest absolute Gasteiger partial charge is 0.0734 e. The van der Waals surface area contributed by atoms with E-state index in [0.29, 0.717) is 0 Å². The molecule has 0 radical (unpaired) electrons. The number of benzene rings is 3. The largest absolute Gasteiger partial charge is 0.140 e. The Morgan fingerprint density at radius 3 is 1.68 bits per heavy atom. The van der Waals surface area contributed by atoms with Crippen LogP contribution in [0, 0.1) is 6.92 Å². The first-order valence-corrected chi connectivity index (χ1v) is 9.53. The molecular formula is C24H16S. The molecule has 1 heterocycles. The second kappa shape index (κ2) is 4.50. The van der Waals surface area contributed by atoms with Crippen molar-refractivity contribution in [2.75, 3.05) is 0 Å². The molecule has 1 aromatic heterocycles. The molecule has 0 fully saturated rings. The predicted molar refractivity (Wildman–Crippen MR) is 105 cm³/mol. The van der Waals surface area contributed by atoms with Gasteiger partial charge in [0, 0.05) is 9.75 Å². The van der Waals surface area contributed by atoms with E-state index >= 15 is 0 Å². The van der Waals surface area contributed by atoms with Gasteiger partial charge in [0.1, 0.15) is 0 Å². The summed E-state index contributed by atoms with van der Waals surface area (Å²) in [5, 5.41) is 0. The lowest BCUT2D eigenvalue weighted by Crippen LogP contribution is -2.25. The van der Waals surface area contributed by atoms with Gasteiger partial charge in [0.05, 0.1) is 5.41 Å². The zero-order valence-corrected chi connectivity index (χ0v) is 14.7. The van der Waals surface area contributed by atoms with Crippen LogP contribution in [-0.4, -0.2) is 0 Å². The third kappa shape index (κ3) is 1.45. The molecule has 2 aliphatic carbocycles. The van der Waals surface area contributed by atoms with Crippen LogP contribution in [0.5, 0.6) is 0 Å². The fraction of sp³-hybridized carbons (Fsp3) is 0.0833. The minimum atomic E-state index is -0.149. The SMILES string of the molecule is Cc1cc2c(s1)-c1ccccc1C21c2ccccc2-c2ccccc21. The zero-order valence-electron chi connectivity index (χ0n) is 13.9. The van der Waals surface area contributed by atoms with Gasteiger partial charge in [-0.15, -0.1) is 11.3 Å². The topological polar surface area (TPSA) is 0 Å². The Balaban J connectivity index is 1.88. The van der Waals surface area contributed by atoms with Crippen molar-refractivity contribution in [1.29, 1.82) is 0 Å². The van der Waals surface area contributed by atoms with Crippen LogP contribution in [-0.2, 0) is 5.41 Å². The minimum Gasteiger partial charge on any atom is -0.140 e. The maximum absolute atomic E-state index is 2.42. The molecule has 0 bridgehead atoms. The summed E-state index contributed by atoms with van der Waals surface area (Å²) in [5.74, 6) is 0. The molecular weight excluding hydrogens is 320 g/mol. The summed E-state index contributed by atoms with van der Waals surface area (Å²) >= 11 is 1.93. The number of aryl methyl sites for hydroxylation is 1. The maximum atomic E-state index is 2.42. The van der Waals surface area contributed by atoms with E-state index in [-0.39, 0.29) is 5.41 Å². The van der Waals surface area contributed by atoms with Gasteiger partial charge in [0.15, 0.2) is 0 Å². The summed E-state index contributed by atoms with van der Waals surface area (Å²) in [6.07, 6.45) is 0. The molecule has 0 amide bonds.